The molecule has 4 fully saturated rings. The van der Waals surface area contributed by atoms with E-state index in [9.17, 15) is 54.4 Å². The molecule has 3 N–H and O–H groups in total. The fourth-order valence-corrected chi connectivity index (χ4v) is 11.1. The molecule has 0 aromatic rings. The first-order chi connectivity index (χ1) is 29.7. The average molecular weight is 873 g/mol. The highest BCUT2D eigenvalue weighted by Gasteiger charge is 2.37. The van der Waals surface area contributed by atoms with Crippen molar-refractivity contribution in [1.82, 2.24) is 29.8 Å². The molecule has 0 aromatic carbocycles. The van der Waals surface area contributed by atoms with Crippen LogP contribution < -0.4 is 25.7 Å². The van der Waals surface area contributed by atoms with E-state index in [1.165, 1.54) is 18.9 Å². The number of unbranched alkanes of at least 4 members (excludes halogenated alkanes) is 1. The van der Waals surface area contributed by atoms with Crippen LogP contribution in [0.1, 0.15) is 96.3 Å². The third-order valence-electron chi connectivity index (χ3n) is 14.3. The van der Waals surface area contributed by atoms with E-state index in [2.05, 4.69) is 16.8 Å². The smallest absolute Gasteiger partial charge is 0.455 e. The third-order valence-corrected chi connectivity index (χ3v) is 14.3. The molecule has 3 aliphatic carbocycles. The normalized spacial score (nSPS) is 28.0. The van der Waals surface area contributed by atoms with Gasteiger partial charge in [0.25, 0.3) is 0 Å². The van der Waals surface area contributed by atoms with Crippen molar-refractivity contribution in [2.45, 2.75) is 108 Å². The van der Waals surface area contributed by atoms with Crippen LogP contribution >= 0.6 is 0 Å². The van der Waals surface area contributed by atoms with E-state index in [1.54, 1.807) is 19.6 Å². The molecule has 4 aliphatic rings. The van der Waals surface area contributed by atoms with Gasteiger partial charge in [0.1, 0.15) is 0 Å². The Morgan fingerprint density at radius 2 is 1.26 bits per heavy atom. The Morgan fingerprint density at radius 3 is 1.87 bits per heavy atom. The summed E-state index contributed by atoms with van der Waals surface area (Å²) in [6.45, 7) is 6.53. The monoisotopic (exact) mass is 873 g/mol. The molecule has 352 valence electrons. The van der Waals surface area contributed by atoms with Crippen LogP contribution in [0.2, 0.25) is 5.82 Å². The number of amides is 1. The van der Waals surface area contributed by atoms with Crippen molar-refractivity contribution in [2.24, 2.45) is 29.6 Å². The van der Waals surface area contributed by atoms with Crippen molar-refractivity contribution in [3.05, 3.63) is 12.7 Å². The minimum atomic E-state index is -1.31. The largest absolute Gasteiger partial charge is 0.549 e. The topological polar surface area (TPSA) is 246 Å². The number of carbonyl (C=O) groups excluding carboxylic acids is 5. The van der Waals surface area contributed by atoms with Crippen LogP contribution in [0.25, 0.3) is 0 Å². The van der Waals surface area contributed by atoms with Crippen LogP contribution in [0.4, 0.5) is 0 Å². The van der Waals surface area contributed by atoms with Gasteiger partial charge >= 0.3 is 7.12 Å². The fourth-order valence-electron chi connectivity index (χ4n) is 11.1. The molecule has 1 aliphatic heterocycles. The summed E-state index contributed by atoms with van der Waals surface area (Å²) in [5.41, 5.74) is 0. The van der Waals surface area contributed by atoms with Crippen molar-refractivity contribution >= 4 is 36.9 Å². The van der Waals surface area contributed by atoms with Crippen LogP contribution in [0.5, 0.6) is 0 Å². The number of carbonyl (C=O) groups is 5. The van der Waals surface area contributed by atoms with Gasteiger partial charge in [0.05, 0.1) is 23.9 Å². The van der Waals surface area contributed by atoms with Crippen molar-refractivity contribution in [1.29, 1.82) is 0 Å². The molecular formula is C44H73BN6O11-4. The molecule has 62 heavy (non-hydrogen) atoms. The zero-order valence-corrected chi connectivity index (χ0v) is 36.9. The lowest BCUT2D eigenvalue weighted by Crippen LogP contribution is -2.55. The number of nitrogens with zero attached hydrogens (tertiary/aromatic N) is 5. The molecule has 4 rings (SSSR count). The lowest BCUT2D eigenvalue weighted by Gasteiger charge is -2.43. The zero-order chi connectivity index (χ0) is 45.0. The summed E-state index contributed by atoms with van der Waals surface area (Å²) in [4.78, 5) is 68.1. The van der Waals surface area contributed by atoms with E-state index >= 15 is 0 Å². The summed E-state index contributed by atoms with van der Waals surface area (Å²) in [6, 6.07) is -0.383. The molecule has 0 aromatic heterocycles. The number of carboxylic acid groups (broad SMARTS) is 4. The van der Waals surface area contributed by atoms with Gasteiger partial charge in [-0.05, 0) is 99.4 Å². The summed E-state index contributed by atoms with van der Waals surface area (Å²) >= 11 is 0. The quantitative estimate of drug-likeness (QED) is 0.0558. The van der Waals surface area contributed by atoms with Crippen LogP contribution in [0.15, 0.2) is 12.7 Å². The number of hydrogen-bond acceptors (Lipinski definition) is 16. The first-order valence-electron chi connectivity index (χ1n) is 23.4. The maximum absolute atomic E-state index is 12.1. The summed E-state index contributed by atoms with van der Waals surface area (Å²) in [7, 11) is -1.31. The Morgan fingerprint density at radius 1 is 0.661 bits per heavy atom. The van der Waals surface area contributed by atoms with Crippen LogP contribution in [0.3, 0.4) is 0 Å². The lowest BCUT2D eigenvalue weighted by molar-refractivity contribution is -0.309. The second-order valence-electron chi connectivity index (χ2n) is 18.8. The minimum Gasteiger partial charge on any atom is -0.549 e. The van der Waals surface area contributed by atoms with Gasteiger partial charge in [-0.2, -0.15) is 0 Å². The third kappa shape index (κ3) is 18.9. The van der Waals surface area contributed by atoms with Gasteiger partial charge < -0.3 is 59.9 Å². The highest BCUT2D eigenvalue weighted by molar-refractivity contribution is 6.43. The predicted molar refractivity (Wildman–Crippen MR) is 225 cm³/mol. The fraction of sp³-hybridized carbons (Fsp3) is 0.841. The van der Waals surface area contributed by atoms with E-state index in [-0.39, 0.29) is 75.4 Å². The molecular weight excluding hydrogens is 799 g/mol. The van der Waals surface area contributed by atoms with Crippen LogP contribution in [0, 0.1) is 29.6 Å². The Labute approximate surface area is 369 Å². The molecule has 18 heteroatoms. The maximum Gasteiger partial charge on any atom is 0.455 e. The number of nitrogens with one attached hydrogen (secondary N) is 1. The van der Waals surface area contributed by atoms with Crippen LogP contribution in [-0.4, -0.2) is 176 Å². The Hall–Kier alpha value is -3.13. The molecule has 5 atom stereocenters. The Balaban J connectivity index is 1.41. The number of aliphatic carboxylic acids is 4. The van der Waals surface area contributed by atoms with Crippen LogP contribution in [-0.2, 0) is 24.0 Å². The van der Waals surface area contributed by atoms with E-state index in [0.29, 0.717) is 30.7 Å². The highest BCUT2D eigenvalue weighted by atomic mass is 16.4. The van der Waals surface area contributed by atoms with E-state index in [4.69, 9.17) is 0 Å². The minimum absolute atomic E-state index is 0.112. The molecule has 17 nitrogen and oxygen atoms in total. The van der Waals surface area contributed by atoms with Crippen molar-refractivity contribution in [2.75, 3.05) is 98.2 Å². The molecule has 1 saturated heterocycles. The van der Waals surface area contributed by atoms with E-state index in [0.717, 1.165) is 96.7 Å². The lowest BCUT2D eigenvalue weighted by atomic mass is 9.59. The predicted octanol–water partition coefficient (Wildman–Crippen LogP) is -3.00. The Bertz CT molecular complexity index is 1420. The van der Waals surface area contributed by atoms with E-state index < -0.39 is 57.2 Å². The second kappa shape index (κ2) is 27.3. The average Bonchev–Trinajstić information content (AvgIpc) is 3.21. The maximum atomic E-state index is 12.1. The van der Waals surface area contributed by atoms with Gasteiger partial charge in [-0.25, -0.2) is 0 Å². The number of rotatable bonds is 22. The highest BCUT2D eigenvalue weighted by Crippen LogP contribution is 2.43. The SMILES string of the molecule is C=CC(=O)NCCCCN(CC1CCCC(C2CCC(CC3CN(CC(=O)[O-])CCN(CC(=O)[O-])CCN(CC(=O)[O-])CCN3CC(=O)[O-])CC2)C1)CC1CCCCC1B(O)O. The van der Waals surface area contributed by atoms with Gasteiger partial charge in [-0.15, -0.1) is 0 Å². The Kier molecular flexibility index (Phi) is 22.6. The summed E-state index contributed by atoms with van der Waals surface area (Å²) in [6.07, 6.45) is 16.3. The van der Waals surface area contributed by atoms with Gasteiger partial charge in [0, 0.05) is 97.7 Å². The first kappa shape index (κ1) is 51.5. The summed E-state index contributed by atoms with van der Waals surface area (Å²) < 4.78 is 0. The second-order valence-corrected chi connectivity index (χ2v) is 18.8. The number of hydrogen-bond donors (Lipinski definition) is 3. The molecule has 0 radical (unpaired) electrons. The molecule has 1 heterocycles. The zero-order valence-electron chi connectivity index (χ0n) is 36.9. The summed E-state index contributed by atoms with van der Waals surface area (Å²) in [5.74, 6) is -3.25. The summed E-state index contributed by atoms with van der Waals surface area (Å²) in [5, 5.41) is 70.5. The van der Waals surface area contributed by atoms with Crippen molar-refractivity contribution < 1.29 is 54.4 Å². The van der Waals surface area contributed by atoms with Gasteiger partial charge in [0.15, 0.2) is 0 Å². The first-order valence-corrected chi connectivity index (χ1v) is 23.4. The van der Waals surface area contributed by atoms with E-state index in [1.807, 2.05) is 0 Å². The molecule has 0 spiro atoms. The molecule has 0 bridgehead atoms. The number of carboxylic acids is 4. The molecule has 1 amide bonds. The van der Waals surface area contributed by atoms with Crippen molar-refractivity contribution in [3.63, 3.8) is 0 Å². The van der Waals surface area contributed by atoms with Gasteiger partial charge in [-0.1, -0.05) is 51.5 Å². The van der Waals surface area contributed by atoms with Gasteiger partial charge in [-0.3, -0.25) is 24.4 Å². The molecule has 5 unspecified atom stereocenters. The standard InChI is InChI=1S/C44H77BN6O11/c1-2-40(52)46-16-5-6-17-49(27-37-9-3-4-11-39(37)45(61)62)26-34-8-7-10-36(24-34)35-14-12-33(13-15-35)25-38-28-50(31-43(57)58)21-20-47(29-41(53)54)18-19-48(30-42(55)56)22-23-51(38)32-44(59)60/h2,33-39,61-62H,1,3-32H2,(H,46,52)(H,53,54)(H,55,56)(H,57,58)(H,59,60)/p-4. The van der Waals surface area contributed by atoms with Crippen molar-refractivity contribution in [3.8, 4) is 0 Å². The molecule has 3 saturated carbocycles. The van der Waals surface area contributed by atoms with Gasteiger partial charge in [0.2, 0.25) is 5.91 Å².